The highest BCUT2D eigenvalue weighted by molar-refractivity contribution is 5.80. The van der Waals surface area contributed by atoms with Crippen LogP contribution in [0.15, 0.2) is 30.3 Å². The van der Waals surface area contributed by atoms with Crippen molar-refractivity contribution in [3.8, 4) is 0 Å². The molecule has 1 aromatic rings. The Bertz CT molecular complexity index is 482. The molecule has 2 heterocycles. The van der Waals surface area contributed by atoms with Crippen molar-refractivity contribution in [2.75, 3.05) is 39.5 Å². The number of nitrogens with zero attached hydrogens (tertiary/aromatic N) is 1. The van der Waals surface area contributed by atoms with Crippen molar-refractivity contribution in [2.24, 2.45) is 0 Å². The molecule has 126 valence electrons. The predicted molar refractivity (Wildman–Crippen MR) is 88.3 cm³/mol. The zero-order valence-electron chi connectivity index (χ0n) is 13.6. The Morgan fingerprint density at radius 2 is 2.00 bits per heavy atom. The van der Waals surface area contributed by atoms with Crippen molar-refractivity contribution in [1.29, 1.82) is 0 Å². The molecule has 2 unspecified atom stereocenters. The van der Waals surface area contributed by atoms with Gasteiger partial charge < -0.3 is 14.8 Å². The number of morpholine rings is 1. The van der Waals surface area contributed by atoms with E-state index < -0.39 is 0 Å². The zero-order valence-corrected chi connectivity index (χ0v) is 13.6. The molecule has 2 aliphatic heterocycles. The summed E-state index contributed by atoms with van der Waals surface area (Å²) in [7, 11) is 0. The third-order valence-corrected chi connectivity index (χ3v) is 4.61. The molecule has 0 radical (unpaired) electrons. The first-order valence-corrected chi connectivity index (χ1v) is 8.58. The highest BCUT2D eigenvalue weighted by Crippen LogP contribution is 2.13. The third-order valence-electron chi connectivity index (χ3n) is 4.61. The fraction of sp³-hybridized carbons (Fsp3) is 0.611. The molecule has 0 bridgehead atoms. The Morgan fingerprint density at radius 1 is 1.22 bits per heavy atom. The van der Waals surface area contributed by atoms with E-state index in [9.17, 15) is 4.79 Å². The van der Waals surface area contributed by atoms with Gasteiger partial charge in [0.2, 0.25) is 5.91 Å². The molecule has 0 aliphatic carbocycles. The third kappa shape index (κ3) is 4.77. The summed E-state index contributed by atoms with van der Waals surface area (Å²) in [5.41, 5.74) is 1.30. The van der Waals surface area contributed by atoms with Gasteiger partial charge in [-0.25, -0.2) is 0 Å². The van der Waals surface area contributed by atoms with E-state index in [1.54, 1.807) is 0 Å². The molecular formula is C18H26N2O3. The van der Waals surface area contributed by atoms with E-state index in [2.05, 4.69) is 34.5 Å². The summed E-state index contributed by atoms with van der Waals surface area (Å²) in [6.45, 7) is 4.75. The lowest BCUT2D eigenvalue weighted by Crippen LogP contribution is -2.50. The van der Waals surface area contributed by atoms with Gasteiger partial charge in [-0.15, -0.1) is 0 Å². The molecule has 0 saturated carbocycles. The summed E-state index contributed by atoms with van der Waals surface area (Å²) in [6, 6.07) is 10.8. The maximum Gasteiger partial charge on any atom is 0.249 e. The Labute approximate surface area is 137 Å². The first-order valence-electron chi connectivity index (χ1n) is 8.58. The SMILES string of the molecule is O=C(NCC(Cc1ccccc1)N1CCOCC1)C1CCCO1. The Morgan fingerprint density at radius 3 is 2.70 bits per heavy atom. The van der Waals surface area contributed by atoms with Crippen LogP contribution >= 0.6 is 0 Å². The minimum absolute atomic E-state index is 0.0359. The van der Waals surface area contributed by atoms with Crippen LogP contribution in [-0.4, -0.2) is 62.4 Å². The van der Waals surface area contributed by atoms with Crippen LogP contribution in [0.3, 0.4) is 0 Å². The fourth-order valence-electron chi connectivity index (χ4n) is 3.28. The Balaban J connectivity index is 1.58. The van der Waals surface area contributed by atoms with E-state index in [-0.39, 0.29) is 12.0 Å². The fourth-order valence-corrected chi connectivity index (χ4v) is 3.28. The highest BCUT2D eigenvalue weighted by atomic mass is 16.5. The van der Waals surface area contributed by atoms with Gasteiger partial charge in [-0.05, 0) is 24.8 Å². The summed E-state index contributed by atoms with van der Waals surface area (Å²) in [5.74, 6) is 0.0359. The Hall–Kier alpha value is -1.43. The lowest BCUT2D eigenvalue weighted by Gasteiger charge is -2.35. The summed E-state index contributed by atoms with van der Waals surface area (Å²) in [6.07, 6.45) is 2.51. The van der Waals surface area contributed by atoms with Crippen LogP contribution in [0, 0.1) is 0 Å². The molecule has 2 fully saturated rings. The number of carbonyl (C=O) groups is 1. The molecule has 1 aromatic carbocycles. The van der Waals surface area contributed by atoms with E-state index >= 15 is 0 Å². The molecule has 2 aliphatic rings. The van der Waals surface area contributed by atoms with Crippen LogP contribution in [-0.2, 0) is 20.7 Å². The first-order chi connectivity index (χ1) is 11.3. The molecule has 23 heavy (non-hydrogen) atoms. The summed E-state index contributed by atoms with van der Waals surface area (Å²) in [5, 5.41) is 3.10. The van der Waals surface area contributed by atoms with E-state index in [4.69, 9.17) is 9.47 Å². The maximum atomic E-state index is 12.2. The van der Waals surface area contributed by atoms with Crippen molar-refractivity contribution in [3.05, 3.63) is 35.9 Å². The van der Waals surface area contributed by atoms with Crippen molar-refractivity contribution >= 4 is 5.91 Å². The standard InChI is InChI=1S/C18H26N2O3/c21-18(17-7-4-10-23-17)19-14-16(20-8-11-22-12-9-20)13-15-5-2-1-3-6-15/h1-3,5-6,16-17H,4,7-14H2,(H,19,21). The number of carbonyl (C=O) groups excluding carboxylic acids is 1. The van der Waals surface area contributed by atoms with Crippen LogP contribution in [0.1, 0.15) is 18.4 Å². The molecule has 3 rings (SSSR count). The number of hydrogen-bond donors (Lipinski definition) is 1. The van der Waals surface area contributed by atoms with Crippen molar-refractivity contribution in [2.45, 2.75) is 31.4 Å². The van der Waals surface area contributed by atoms with Gasteiger partial charge in [-0.2, -0.15) is 0 Å². The number of rotatable bonds is 6. The minimum Gasteiger partial charge on any atom is -0.379 e. The second-order valence-corrected chi connectivity index (χ2v) is 6.24. The van der Waals surface area contributed by atoms with Gasteiger partial charge in [0.05, 0.1) is 13.2 Å². The lowest BCUT2D eigenvalue weighted by molar-refractivity contribution is -0.130. The number of ether oxygens (including phenoxy) is 2. The smallest absolute Gasteiger partial charge is 0.249 e. The molecule has 2 atom stereocenters. The largest absolute Gasteiger partial charge is 0.379 e. The molecule has 5 heteroatoms. The number of hydrogen-bond acceptors (Lipinski definition) is 4. The van der Waals surface area contributed by atoms with Gasteiger partial charge >= 0.3 is 0 Å². The van der Waals surface area contributed by atoms with E-state index in [1.165, 1.54) is 5.56 Å². The topological polar surface area (TPSA) is 50.8 Å². The number of nitrogens with one attached hydrogen (secondary N) is 1. The minimum atomic E-state index is -0.253. The van der Waals surface area contributed by atoms with Crippen LogP contribution in [0.25, 0.3) is 0 Å². The van der Waals surface area contributed by atoms with Crippen LogP contribution in [0.5, 0.6) is 0 Å². The molecule has 2 saturated heterocycles. The summed E-state index contributed by atoms with van der Waals surface area (Å²) in [4.78, 5) is 14.6. The van der Waals surface area contributed by atoms with Gasteiger partial charge in [0, 0.05) is 32.3 Å². The summed E-state index contributed by atoms with van der Waals surface area (Å²) >= 11 is 0. The molecule has 5 nitrogen and oxygen atoms in total. The Kier molecular flexibility index (Phi) is 6.02. The van der Waals surface area contributed by atoms with Crippen molar-refractivity contribution in [1.82, 2.24) is 10.2 Å². The van der Waals surface area contributed by atoms with E-state index in [1.807, 2.05) is 6.07 Å². The molecule has 0 aromatic heterocycles. The average Bonchev–Trinajstić information content (AvgIpc) is 3.15. The lowest BCUT2D eigenvalue weighted by atomic mass is 10.0. The first kappa shape index (κ1) is 16.4. The van der Waals surface area contributed by atoms with Crippen LogP contribution in [0.2, 0.25) is 0 Å². The van der Waals surface area contributed by atoms with E-state index in [0.717, 1.165) is 45.6 Å². The summed E-state index contributed by atoms with van der Waals surface area (Å²) < 4.78 is 10.9. The molecular weight excluding hydrogens is 292 g/mol. The maximum absolute atomic E-state index is 12.2. The normalized spacial score (nSPS) is 23.6. The van der Waals surface area contributed by atoms with Gasteiger partial charge in [-0.3, -0.25) is 9.69 Å². The highest BCUT2D eigenvalue weighted by Gasteiger charge is 2.26. The number of benzene rings is 1. The molecule has 1 amide bonds. The van der Waals surface area contributed by atoms with Gasteiger partial charge in [0.1, 0.15) is 6.10 Å². The predicted octanol–water partition coefficient (Wildman–Crippen LogP) is 1.23. The second kappa shape index (κ2) is 8.43. The van der Waals surface area contributed by atoms with Gasteiger partial charge in [0.25, 0.3) is 0 Å². The van der Waals surface area contributed by atoms with Crippen molar-refractivity contribution in [3.63, 3.8) is 0 Å². The van der Waals surface area contributed by atoms with Crippen molar-refractivity contribution < 1.29 is 14.3 Å². The van der Waals surface area contributed by atoms with Gasteiger partial charge in [-0.1, -0.05) is 30.3 Å². The van der Waals surface area contributed by atoms with Crippen LogP contribution < -0.4 is 5.32 Å². The quantitative estimate of drug-likeness (QED) is 0.857. The number of amides is 1. The molecule has 1 N–H and O–H groups in total. The van der Waals surface area contributed by atoms with E-state index in [0.29, 0.717) is 19.2 Å². The van der Waals surface area contributed by atoms with Crippen LogP contribution in [0.4, 0.5) is 0 Å². The zero-order chi connectivity index (χ0) is 15.9. The second-order valence-electron chi connectivity index (χ2n) is 6.24. The average molecular weight is 318 g/mol. The molecule has 0 spiro atoms. The monoisotopic (exact) mass is 318 g/mol. The van der Waals surface area contributed by atoms with Gasteiger partial charge in [0.15, 0.2) is 0 Å².